The fraction of sp³-hybridized carbons (Fsp3) is 0.600. The predicted octanol–water partition coefficient (Wildman–Crippen LogP) is 3.70. The number of halogens is 1. The van der Waals surface area contributed by atoms with Crippen LogP contribution >= 0.6 is 0 Å². The van der Waals surface area contributed by atoms with Gasteiger partial charge < -0.3 is 5.32 Å². The first-order chi connectivity index (χ1) is 8.06. The Kier molecular flexibility index (Phi) is 5.63. The molecule has 0 saturated heterocycles. The number of hydrogen-bond donors (Lipinski definition) is 1. The number of benzene rings is 1. The van der Waals surface area contributed by atoms with Crippen LogP contribution in [-0.2, 0) is 6.42 Å². The van der Waals surface area contributed by atoms with E-state index in [9.17, 15) is 4.39 Å². The van der Waals surface area contributed by atoms with E-state index in [0.29, 0.717) is 12.0 Å². The van der Waals surface area contributed by atoms with Crippen LogP contribution in [0.4, 0.5) is 4.39 Å². The Labute approximate surface area is 104 Å². The molecule has 1 aromatic carbocycles. The van der Waals surface area contributed by atoms with Gasteiger partial charge >= 0.3 is 0 Å². The standard InChI is InChI=1S/C15H24FN/c1-5-11(2)8-15(17-4)10-13-9-14(16)7-6-12(13)3/h6-7,9,11,15,17H,5,8,10H2,1-4H3. The molecular weight excluding hydrogens is 213 g/mol. The van der Waals surface area contributed by atoms with Crippen LogP contribution in [0.15, 0.2) is 18.2 Å². The first-order valence-corrected chi connectivity index (χ1v) is 6.49. The molecule has 2 atom stereocenters. The zero-order valence-electron chi connectivity index (χ0n) is 11.4. The Bertz CT molecular complexity index is 349. The lowest BCUT2D eigenvalue weighted by molar-refractivity contribution is 0.409. The molecule has 17 heavy (non-hydrogen) atoms. The van der Waals surface area contributed by atoms with Crippen molar-refractivity contribution in [2.24, 2.45) is 5.92 Å². The number of likely N-dealkylation sites (N-methyl/N-ethyl adjacent to an activating group) is 1. The van der Waals surface area contributed by atoms with Crippen molar-refractivity contribution in [2.45, 2.75) is 46.1 Å². The van der Waals surface area contributed by atoms with Crippen LogP contribution in [0.2, 0.25) is 0 Å². The van der Waals surface area contributed by atoms with E-state index in [-0.39, 0.29) is 5.82 Å². The number of nitrogens with one attached hydrogen (secondary N) is 1. The number of aryl methyl sites for hydroxylation is 1. The van der Waals surface area contributed by atoms with Gasteiger partial charge in [-0.25, -0.2) is 4.39 Å². The average molecular weight is 237 g/mol. The van der Waals surface area contributed by atoms with Crippen molar-refractivity contribution in [3.8, 4) is 0 Å². The molecule has 1 nitrogen and oxygen atoms in total. The summed E-state index contributed by atoms with van der Waals surface area (Å²) >= 11 is 0. The minimum atomic E-state index is -0.135. The predicted molar refractivity (Wildman–Crippen MR) is 71.8 cm³/mol. The lowest BCUT2D eigenvalue weighted by Crippen LogP contribution is -2.29. The molecule has 0 aliphatic heterocycles. The smallest absolute Gasteiger partial charge is 0.123 e. The molecule has 0 fully saturated rings. The normalized spacial score (nSPS) is 14.6. The Morgan fingerprint density at radius 2 is 2.06 bits per heavy atom. The molecule has 2 heteroatoms. The van der Waals surface area contributed by atoms with Crippen LogP contribution in [0, 0.1) is 18.7 Å². The lowest BCUT2D eigenvalue weighted by atomic mass is 9.93. The maximum Gasteiger partial charge on any atom is 0.123 e. The summed E-state index contributed by atoms with van der Waals surface area (Å²) in [7, 11) is 1.99. The molecule has 0 heterocycles. The zero-order valence-corrected chi connectivity index (χ0v) is 11.4. The largest absolute Gasteiger partial charge is 0.317 e. The van der Waals surface area contributed by atoms with Gasteiger partial charge in [0.05, 0.1) is 0 Å². The van der Waals surface area contributed by atoms with E-state index in [1.807, 2.05) is 20.0 Å². The van der Waals surface area contributed by atoms with Crippen LogP contribution in [0.1, 0.15) is 37.8 Å². The monoisotopic (exact) mass is 237 g/mol. The van der Waals surface area contributed by atoms with Gasteiger partial charge in [-0.05, 0) is 56.0 Å². The average Bonchev–Trinajstić information content (AvgIpc) is 2.32. The Morgan fingerprint density at radius 1 is 1.35 bits per heavy atom. The van der Waals surface area contributed by atoms with Gasteiger partial charge in [0.1, 0.15) is 5.82 Å². The molecular formula is C15H24FN. The van der Waals surface area contributed by atoms with Crippen molar-refractivity contribution < 1.29 is 4.39 Å². The third-order valence-corrected chi connectivity index (χ3v) is 3.57. The summed E-state index contributed by atoms with van der Waals surface area (Å²) in [5.74, 6) is 0.574. The molecule has 1 N–H and O–H groups in total. The second-order valence-electron chi connectivity index (χ2n) is 5.01. The fourth-order valence-electron chi connectivity index (χ4n) is 2.08. The highest BCUT2D eigenvalue weighted by Crippen LogP contribution is 2.17. The Morgan fingerprint density at radius 3 is 2.65 bits per heavy atom. The van der Waals surface area contributed by atoms with Crippen molar-refractivity contribution in [2.75, 3.05) is 7.05 Å². The van der Waals surface area contributed by atoms with Crippen molar-refractivity contribution in [1.82, 2.24) is 5.32 Å². The van der Waals surface area contributed by atoms with Gasteiger partial charge in [0.2, 0.25) is 0 Å². The van der Waals surface area contributed by atoms with Gasteiger partial charge in [-0.1, -0.05) is 26.3 Å². The summed E-state index contributed by atoms with van der Waals surface area (Å²) in [5.41, 5.74) is 2.29. The van der Waals surface area contributed by atoms with Crippen molar-refractivity contribution in [1.29, 1.82) is 0 Å². The summed E-state index contributed by atoms with van der Waals surface area (Å²) in [6.07, 6.45) is 3.24. The lowest BCUT2D eigenvalue weighted by Gasteiger charge is -2.20. The van der Waals surface area contributed by atoms with Crippen molar-refractivity contribution in [3.05, 3.63) is 35.1 Å². The molecule has 0 aliphatic rings. The molecule has 1 rings (SSSR count). The first kappa shape index (κ1) is 14.2. The van der Waals surface area contributed by atoms with E-state index < -0.39 is 0 Å². The maximum absolute atomic E-state index is 13.2. The van der Waals surface area contributed by atoms with Crippen LogP contribution < -0.4 is 5.32 Å². The van der Waals surface area contributed by atoms with E-state index in [4.69, 9.17) is 0 Å². The highest BCUT2D eigenvalue weighted by Gasteiger charge is 2.12. The van der Waals surface area contributed by atoms with Crippen molar-refractivity contribution >= 4 is 0 Å². The summed E-state index contributed by atoms with van der Waals surface area (Å²) in [6.45, 7) is 6.53. The molecule has 0 aromatic heterocycles. The summed E-state index contributed by atoms with van der Waals surface area (Å²) in [4.78, 5) is 0. The van der Waals surface area contributed by atoms with Crippen LogP contribution in [0.25, 0.3) is 0 Å². The molecule has 0 spiro atoms. The molecule has 0 aliphatic carbocycles. The van der Waals surface area contributed by atoms with Gasteiger partial charge in [-0.2, -0.15) is 0 Å². The van der Waals surface area contributed by atoms with Crippen LogP contribution in [0.3, 0.4) is 0 Å². The van der Waals surface area contributed by atoms with Gasteiger partial charge in [-0.15, -0.1) is 0 Å². The van der Waals surface area contributed by atoms with Gasteiger partial charge in [0.25, 0.3) is 0 Å². The zero-order chi connectivity index (χ0) is 12.8. The number of rotatable bonds is 6. The van der Waals surface area contributed by atoms with Gasteiger partial charge in [0.15, 0.2) is 0 Å². The van der Waals surface area contributed by atoms with Crippen LogP contribution in [-0.4, -0.2) is 13.1 Å². The quantitative estimate of drug-likeness (QED) is 0.795. The summed E-state index contributed by atoms with van der Waals surface area (Å²) in [5, 5.41) is 3.34. The highest BCUT2D eigenvalue weighted by molar-refractivity contribution is 5.27. The van der Waals surface area contributed by atoms with Crippen molar-refractivity contribution in [3.63, 3.8) is 0 Å². The Balaban J connectivity index is 2.69. The summed E-state index contributed by atoms with van der Waals surface area (Å²) in [6, 6.07) is 5.49. The molecule has 0 radical (unpaired) electrons. The van der Waals surface area contributed by atoms with Crippen LogP contribution in [0.5, 0.6) is 0 Å². The molecule has 0 saturated carbocycles. The molecule has 2 unspecified atom stereocenters. The van der Waals surface area contributed by atoms with E-state index in [0.717, 1.165) is 18.4 Å². The first-order valence-electron chi connectivity index (χ1n) is 6.49. The van der Waals surface area contributed by atoms with E-state index in [2.05, 4.69) is 19.2 Å². The van der Waals surface area contributed by atoms with E-state index in [1.54, 1.807) is 6.07 Å². The molecule has 1 aromatic rings. The molecule has 0 bridgehead atoms. The highest BCUT2D eigenvalue weighted by atomic mass is 19.1. The van der Waals surface area contributed by atoms with E-state index in [1.165, 1.54) is 18.1 Å². The SMILES string of the molecule is CCC(C)CC(Cc1cc(F)ccc1C)NC. The number of hydrogen-bond acceptors (Lipinski definition) is 1. The Hall–Kier alpha value is -0.890. The third kappa shape index (κ3) is 4.47. The van der Waals surface area contributed by atoms with Gasteiger partial charge in [-0.3, -0.25) is 0 Å². The van der Waals surface area contributed by atoms with E-state index >= 15 is 0 Å². The van der Waals surface area contributed by atoms with Gasteiger partial charge in [0, 0.05) is 6.04 Å². The molecule has 0 amide bonds. The molecule has 96 valence electrons. The fourth-order valence-corrected chi connectivity index (χ4v) is 2.08. The minimum Gasteiger partial charge on any atom is -0.317 e. The second-order valence-corrected chi connectivity index (χ2v) is 5.01. The second kappa shape index (κ2) is 6.75. The summed E-state index contributed by atoms with van der Waals surface area (Å²) < 4.78 is 13.2. The topological polar surface area (TPSA) is 12.0 Å². The third-order valence-electron chi connectivity index (χ3n) is 3.57. The maximum atomic E-state index is 13.2. The minimum absolute atomic E-state index is 0.135.